The normalized spacial score (nSPS) is 10.1. The van der Waals surface area contributed by atoms with Gasteiger partial charge in [0.25, 0.3) is 0 Å². The molecule has 2 aromatic carbocycles. The molecule has 5 heteroatoms. The maximum Gasteiger partial charge on any atom is 0.309 e. The molecule has 116 valence electrons. The second-order valence-electron chi connectivity index (χ2n) is 4.43. The molecule has 0 atom stereocenters. The van der Waals surface area contributed by atoms with Crippen molar-refractivity contribution in [2.45, 2.75) is 13.3 Å². The summed E-state index contributed by atoms with van der Waals surface area (Å²) in [5.74, 6) is 1.82. The summed E-state index contributed by atoms with van der Waals surface area (Å²) in [5.41, 5.74) is 0. The SMILES string of the molecule is CCOC(=O)CCOc1ccc(Oc2ccc(Cl)cc2)cc1. The zero-order chi connectivity index (χ0) is 15.8. The fraction of sp³-hybridized carbons (Fsp3) is 0.235. The van der Waals surface area contributed by atoms with Crippen molar-refractivity contribution in [1.29, 1.82) is 0 Å². The number of carbonyl (C=O) groups is 1. The first-order chi connectivity index (χ1) is 10.7. The van der Waals surface area contributed by atoms with Gasteiger partial charge in [0.2, 0.25) is 0 Å². The first kappa shape index (κ1) is 16.2. The number of ether oxygens (including phenoxy) is 3. The molecule has 0 aliphatic rings. The smallest absolute Gasteiger partial charge is 0.309 e. The maximum absolute atomic E-state index is 11.2. The molecule has 0 aromatic heterocycles. The Morgan fingerprint density at radius 1 is 0.955 bits per heavy atom. The van der Waals surface area contributed by atoms with Crippen molar-refractivity contribution in [3.8, 4) is 17.2 Å². The molecule has 4 nitrogen and oxygen atoms in total. The van der Waals surface area contributed by atoms with Gasteiger partial charge in [0.05, 0.1) is 19.6 Å². The van der Waals surface area contributed by atoms with E-state index in [9.17, 15) is 4.79 Å². The molecule has 0 fully saturated rings. The average molecular weight is 321 g/mol. The lowest BCUT2D eigenvalue weighted by atomic mass is 10.3. The van der Waals surface area contributed by atoms with Gasteiger partial charge in [-0.05, 0) is 55.5 Å². The minimum Gasteiger partial charge on any atom is -0.493 e. The van der Waals surface area contributed by atoms with Crippen LogP contribution in [0.1, 0.15) is 13.3 Å². The summed E-state index contributed by atoms with van der Waals surface area (Å²) in [6.45, 7) is 2.45. The second-order valence-corrected chi connectivity index (χ2v) is 4.87. The molecule has 0 saturated carbocycles. The van der Waals surface area contributed by atoms with Gasteiger partial charge in [-0.3, -0.25) is 4.79 Å². The molecule has 0 N–H and O–H groups in total. The highest BCUT2D eigenvalue weighted by Gasteiger charge is 2.03. The van der Waals surface area contributed by atoms with Crippen LogP contribution in [0.5, 0.6) is 17.2 Å². The van der Waals surface area contributed by atoms with Gasteiger partial charge in [0, 0.05) is 5.02 Å². The highest BCUT2D eigenvalue weighted by Crippen LogP contribution is 2.25. The third kappa shape index (κ3) is 5.30. The van der Waals surface area contributed by atoms with E-state index in [1.807, 2.05) is 0 Å². The van der Waals surface area contributed by atoms with Crippen molar-refractivity contribution in [3.63, 3.8) is 0 Å². The van der Waals surface area contributed by atoms with Crippen molar-refractivity contribution in [2.24, 2.45) is 0 Å². The highest BCUT2D eigenvalue weighted by molar-refractivity contribution is 6.30. The summed E-state index contributed by atoms with van der Waals surface area (Å²) in [6.07, 6.45) is 0.233. The first-order valence-electron chi connectivity index (χ1n) is 6.99. The van der Waals surface area contributed by atoms with Crippen molar-refractivity contribution in [2.75, 3.05) is 13.2 Å². The van der Waals surface area contributed by atoms with Crippen LogP contribution in [0.2, 0.25) is 5.02 Å². The number of esters is 1. The van der Waals surface area contributed by atoms with Crippen molar-refractivity contribution in [3.05, 3.63) is 53.6 Å². The van der Waals surface area contributed by atoms with Crippen LogP contribution in [0, 0.1) is 0 Å². The Hall–Kier alpha value is -2.20. The van der Waals surface area contributed by atoms with Gasteiger partial charge in [-0.15, -0.1) is 0 Å². The summed E-state index contributed by atoms with van der Waals surface area (Å²) >= 11 is 5.82. The average Bonchev–Trinajstić information content (AvgIpc) is 2.52. The molecule has 0 aliphatic carbocycles. The third-order valence-corrected chi connectivity index (χ3v) is 3.01. The van der Waals surface area contributed by atoms with Gasteiger partial charge in [-0.2, -0.15) is 0 Å². The van der Waals surface area contributed by atoms with Crippen LogP contribution in [0.3, 0.4) is 0 Å². The third-order valence-electron chi connectivity index (χ3n) is 2.75. The van der Waals surface area contributed by atoms with Gasteiger partial charge in [0.15, 0.2) is 0 Å². The topological polar surface area (TPSA) is 44.8 Å². The minimum absolute atomic E-state index is 0.233. The second kappa shape index (κ2) is 8.29. The van der Waals surface area contributed by atoms with E-state index in [1.165, 1.54) is 0 Å². The molecule has 0 bridgehead atoms. The molecular weight excluding hydrogens is 304 g/mol. The zero-order valence-corrected chi connectivity index (χ0v) is 13.0. The van der Waals surface area contributed by atoms with E-state index < -0.39 is 0 Å². The summed E-state index contributed by atoms with van der Waals surface area (Å²) in [6, 6.07) is 14.3. The van der Waals surface area contributed by atoms with E-state index in [-0.39, 0.29) is 19.0 Å². The Balaban J connectivity index is 1.82. The fourth-order valence-electron chi connectivity index (χ4n) is 1.73. The number of halogens is 1. The number of rotatable bonds is 7. The van der Waals surface area contributed by atoms with Crippen LogP contribution in [-0.2, 0) is 9.53 Å². The van der Waals surface area contributed by atoms with Gasteiger partial charge >= 0.3 is 5.97 Å². The van der Waals surface area contributed by atoms with Crippen LogP contribution in [0.25, 0.3) is 0 Å². The maximum atomic E-state index is 11.2. The fourth-order valence-corrected chi connectivity index (χ4v) is 1.85. The van der Waals surface area contributed by atoms with Gasteiger partial charge in [-0.1, -0.05) is 11.6 Å². The quantitative estimate of drug-likeness (QED) is 0.706. The van der Waals surface area contributed by atoms with E-state index in [0.717, 1.165) is 0 Å². The van der Waals surface area contributed by atoms with E-state index in [0.29, 0.717) is 28.9 Å². The summed E-state index contributed by atoms with van der Waals surface area (Å²) in [7, 11) is 0. The van der Waals surface area contributed by atoms with E-state index in [4.69, 9.17) is 25.8 Å². The lowest BCUT2D eigenvalue weighted by Gasteiger charge is -2.08. The van der Waals surface area contributed by atoms with E-state index in [1.54, 1.807) is 55.5 Å². The lowest BCUT2D eigenvalue weighted by Crippen LogP contribution is -2.09. The Labute approximate surface area is 134 Å². The molecule has 22 heavy (non-hydrogen) atoms. The van der Waals surface area contributed by atoms with Gasteiger partial charge < -0.3 is 14.2 Å². The van der Waals surface area contributed by atoms with Crippen LogP contribution < -0.4 is 9.47 Å². The zero-order valence-electron chi connectivity index (χ0n) is 12.3. The summed E-state index contributed by atoms with van der Waals surface area (Å²) in [5, 5.41) is 0.665. The van der Waals surface area contributed by atoms with Crippen LogP contribution in [0.4, 0.5) is 0 Å². The number of hydrogen-bond acceptors (Lipinski definition) is 4. The molecule has 0 saturated heterocycles. The molecule has 2 aromatic rings. The summed E-state index contributed by atoms with van der Waals surface area (Å²) < 4.78 is 16.0. The van der Waals surface area contributed by atoms with Gasteiger partial charge in [0.1, 0.15) is 17.2 Å². The molecule has 0 radical (unpaired) electrons. The molecule has 0 amide bonds. The minimum atomic E-state index is -0.259. The molecule has 2 rings (SSSR count). The number of carbonyl (C=O) groups excluding carboxylic acids is 1. The summed E-state index contributed by atoms with van der Waals surface area (Å²) in [4.78, 5) is 11.2. The number of benzene rings is 2. The largest absolute Gasteiger partial charge is 0.493 e. The van der Waals surface area contributed by atoms with Crippen molar-refractivity contribution < 1.29 is 19.0 Å². The Kier molecular flexibility index (Phi) is 6.10. The monoisotopic (exact) mass is 320 g/mol. The van der Waals surface area contributed by atoms with E-state index in [2.05, 4.69) is 0 Å². The van der Waals surface area contributed by atoms with Crippen molar-refractivity contribution >= 4 is 17.6 Å². The lowest BCUT2D eigenvalue weighted by molar-refractivity contribution is -0.143. The Bertz CT molecular complexity index is 593. The predicted octanol–water partition coefficient (Wildman–Crippen LogP) is 4.46. The van der Waals surface area contributed by atoms with Crippen LogP contribution >= 0.6 is 11.6 Å². The molecule has 0 aliphatic heterocycles. The van der Waals surface area contributed by atoms with Crippen molar-refractivity contribution in [1.82, 2.24) is 0 Å². The van der Waals surface area contributed by atoms with Gasteiger partial charge in [-0.25, -0.2) is 0 Å². The van der Waals surface area contributed by atoms with E-state index >= 15 is 0 Å². The molecule has 0 unspecified atom stereocenters. The molecule has 0 heterocycles. The first-order valence-corrected chi connectivity index (χ1v) is 7.37. The Morgan fingerprint density at radius 2 is 1.50 bits per heavy atom. The number of hydrogen-bond donors (Lipinski definition) is 0. The molecule has 0 spiro atoms. The predicted molar refractivity (Wildman–Crippen MR) is 84.7 cm³/mol. The standard InChI is InChI=1S/C17H17ClO4/c1-2-20-17(19)11-12-21-14-7-9-16(10-8-14)22-15-5-3-13(18)4-6-15/h3-10H,2,11-12H2,1H3. The Morgan fingerprint density at radius 3 is 2.09 bits per heavy atom. The highest BCUT2D eigenvalue weighted by atomic mass is 35.5. The molecular formula is C17H17ClO4. The van der Waals surface area contributed by atoms with Crippen LogP contribution in [-0.4, -0.2) is 19.2 Å². The van der Waals surface area contributed by atoms with Crippen LogP contribution in [0.15, 0.2) is 48.5 Å².